The summed E-state index contributed by atoms with van der Waals surface area (Å²) in [5.74, 6) is -5.07. The van der Waals surface area contributed by atoms with E-state index in [1.807, 2.05) is 25.9 Å². The standard InChI is InChI=1S/C39H71NO13/c1-16-27-39(10,48-15)32(43)22(4)29(41)20(2)18-38(9,47-14)34(53-36-30(42)26(40(11)12)17-21(3)49-36)23(5)31(24(6)35(45)51-27)52-28-19-37(8,46-13)33(44)25(7)50-28/h20-28,30-34,36,42-44H,16-19H2,1-15H3/t20-,21-,22+,23+,24-,25+,26+,27-,28+,30-,31+,32-,33+,34-,36+,37-,38-,39-/m1/s1/i15D3. The molecule has 0 spiro atoms. The fourth-order valence-corrected chi connectivity index (χ4v) is 8.69. The van der Waals surface area contributed by atoms with E-state index in [-0.39, 0.29) is 31.4 Å². The summed E-state index contributed by atoms with van der Waals surface area (Å²) < 4.78 is 73.5. The second-order valence-corrected chi connectivity index (χ2v) is 16.7. The number of nitrogens with zero attached hydrogens (tertiary/aromatic N) is 1. The van der Waals surface area contributed by atoms with Gasteiger partial charge in [0, 0.05) is 51.5 Å². The molecule has 14 heteroatoms. The molecule has 3 fully saturated rings. The molecule has 0 aromatic rings. The van der Waals surface area contributed by atoms with Gasteiger partial charge in [-0.15, -0.1) is 0 Å². The second kappa shape index (κ2) is 18.3. The van der Waals surface area contributed by atoms with Gasteiger partial charge in [-0.1, -0.05) is 27.7 Å². The molecule has 0 bridgehead atoms. The lowest BCUT2D eigenvalue weighted by Gasteiger charge is -2.50. The Morgan fingerprint density at radius 2 is 1.49 bits per heavy atom. The van der Waals surface area contributed by atoms with Crippen LogP contribution in [-0.2, 0) is 47.5 Å². The number of aliphatic hydroxyl groups excluding tert-OH is 3. The first-order chi connectivity index (χ1) is 25.7. The van der Waals surface area contributed by atoms with E-state index >= 15 is 0 Å². The van der Waals surface area contributed by atoms with Crippen molar-refractivity contribution in [1.82, 2.24) is 4.90 Å². The number of ether oxygens (including phenoxy) is 8. The summed E-state index contributed by atoms with van der Waals surface area (Å²) in [6.07, 6.45) is -9.72. The van der Waals surface area contributed by atoms with E-state index in [0.717, 1.165) is 0 Å². The molecule has 0 radical (unpaired) electrons. The predicted molar refractivity (Wildman–Crippen MR) is 196 cm³/mol. The number of methoxy groups -OCH3 is 3. The maximum atomic E-state index is 14.5. The number of rotatable bonds is 9. The molecule has 14 nitrogen and oxygen atoms in total. The monoisotopic (exact) mass is 765 g/mol. The zero-order valence-electron chi connectivity index (χ0n) is 37.4. The number of carbonyl (C=O) groups is 2. The van der Waals surface area contributed by atoms with Crippen LogP contribution in [0.4, 0.5) is 0 Å². The van der Waals surface area contributed by atoms with E-state index < -0.39 is 115 Å². The van der Waals surface area contributed by atoms with E-state index in [9.17, 15) is 24.9 Å². The van der Waals surface area contributed by atoms with Crippen molar-refractivity contribution in [3.63, 3.8) is 0 Å². The minimum absolute atomic E-state index is 0.0303. The highest BCUT2D eigenvalue weighted by molar-refractivity contribution is 5.83. The molecule has 3 rings (SSSR count). The molecule has 0 aromatic carbocycles. The van der Waals surface area contributed by atoms with Gasteiger partial charge in [-0.2, -0.15) is 0 Å². The molecule has 3 N–H and O–H groups in total. The van der Waals surface area contributed by atoms with Gasteiger partial charge in [-0.25, -0.2) is 0 Å². The van der Waals surface area contributed by atoms with Crippen LogP contribution in [0.1, 0.15) is 99.0 Å². The van der Waals surface area contributed by atoms with E-state index in [4.69, 9.17) is 42.0 Å². The lowest BCUT2D eigenvalue weighted by atomic mass is 9.73. The minimum atomic E-state index is -3.03. The molecule has 18 atom stereocenters. The van der Waals surface area contributed by atoms with E-state index in [1.54, 1.807) is 48.5 Å². The van der Waals surface area contributed by atoms with Gasteiger partial charge < -0.3 is 58.1 Å². The van der Waals surface area contributed by atoms with Crippen LogP contribution in [0.3, 0.4) is 0 Å². The third kappa shape index (κ3) is 9.64. The van der Waals surface area contributed by atoms with Crippen LogP contribution in [0.15, 0.2) is 0 Å². The van der Waals surface area contributed by atoms with Crippen molar-refractivity contribution in [2.75, 3.05) is 35.4 Å². The van der Waals surface area contributed by atoms with Gasteiger partial charge in [0.1, 0.15) is 29.7 Å². The quantitative estimate of drug-likeness (QED) is 0.293. The molecule has 3 heterocycles. The highest BCUT2D eigenvalue weighted by Crippen LogP contribution is 2.42. The predicted octanol–water partition coefficient (Wildman–Crippen LogP) is 3.09. The normalized spacial score (nSPS) is 49.4. The van der Waals surface area contributed by atoms with Crippen LogP contribution in [0, 0.1) is 23.7 Å². The van der Waals surface area contributed by atoms with Gasteiger partial charge in [0.05, 0.1) is 51.8 Å². The Labute approximate surface area is 321 Å². The maximum Gasteiger partial charge on any atom is 0.311 e. The molecule has 310 valence electrons. The number of carbonyl (C=O) groups excluding carboxylic acids is 2. The van der Waals surface area contributed by atoms with Gasteiger partial charge in [0.2, 0.25) is 0 Å². The van der Waals surface area contributed by atoms with Crippen molar-refractivity contribution in [3.8, 4) is 0 Å². The molecule has 3 saturated heterocycles. The first-order valence-electron chi connectivity index (χ1n) is 20.6. The number of hydrogen-bond acceptors (Lipinski definition) is 14. The zero-order chi connectivity index (χ0) is 42.9. The highest BCUT2D eigenvalue weighted by atomic mass is 16.7. The van der Waals surface area contributed by atoms with Crippen molar-refractivity contribution in [3.05, 3.63) is 0 Å². The molecule has 53 heavy (non-hydrogen) atoms. The Morgan fingerprint density at radius 3 is 2.04 bits per heavy atom. The first-order valence-corrected chi connectivity index (χ1v) is 19.1. The number of Topliss-reactive ketones (excluding diaryl/α,β-unsaturated/α-hetero) is 1. The van der Waals surface area contributed by atoms with Crippen molar-refractivity contribution in [1.29, 1.82) is 0 Å². The van der Waals surface area contributed by atoms with Gasteiger partial charge in [-0.05, 0) is 74.9 Å². The van der Waals surface area contributed by atoms with E-state index in [2.05, 4.69) is 0 Å². The molecule has 3 aliphatic heterocycles. The Kier molecular flexibility index (Phi) is 14.3. The number of esters is 1. The van der Waals surface area contributed by atoms with Gasteiger partial charge in [0.25, 0.3) is 0 Å². The lowest BCUT2D eigenvalue weighted by Crippen LogP contribution is -2.61. The average molecular weight is 765 g/mol. The van der Waals surface area contributed by atoms with Crippen LogP contribution in [0.5, 0.6) is 0 Å². The number of hydrogen-bond donors (Lipinski definition) is 3. The van der Waals surface area contributed by atoms with Gasteiger partial charge in [-0.3, -0.25) is 9.59 Å². The minimum Gasteiger partial charge on any atom is -0.459 e. The summed E-state index contributed by atoms with van der Waals surface area (Å²) in [4.78, 5) is 30.6. The summed E-state index contributed by atoms with van der Waals surface area (Å²) in [5, 5.41) is 34.5. The zero-order valence-corrected chi connectivity index (χ0v) is 34.4. The summed E-state index contributed by atoms with van der Waals surface area (Å²) in [6.45, 7) is 16.7. The third-order valence-corrected chi connectivity index (χ3v) is 12.5. The molecular formula is C39H71NO13. The Morgan fingerprint density at radius 1 is 0.868 bits per heavy atom. The summed E-state index contributed by atoms with van der Waals surface area (Å²) >= 11 is 0. The SMILES string of the molecule is [2H]C([2H])([2H])O[C@@]1(C)[C@H](O)[C@@H](C)C(=O)[C@H](C)C[C@@](C)(OC)[C@H](O[C@@H]2O[C@H](C)C[C@H](N(C)C)[C@H]2O)[C@@H](C)[C@H](O[C@H]2C[C@@](C)(OC)[C@@H](O)[C@H](C)O2)[C@@H](C)C(=O)O[C@@H]1CC. The first kappa shape index (κ1) is 41.3. The molecule has 0 aromatic heterocycles. The number of ketones is 1. The van der Waals surface area contributed by atoms with Crippen LogP contribution in [0.25, 0.3) is 0 Å². The maximum absolute atomic E-state index is 14.5. The fourth-order valence-electron chi connectivity index (χ4n) is 8.69. The van der Waals surface area contributed by atoms with Crippen LogP contribution in [-0.4, -0.2) is 152 Å². The molecule has 0 aliphatic carbocycles. The van der Waals surface area contributed by atoms with E-state index in [1.165, 1.54) is 28.1 Å². The number of likely N-dealkylation sites (N-methyl/N-ethyl adjacent to an activating group) is 1. The largest absolute Gasteiger partial charge is 0.459 e. The molecule has 3 aliphatic rings. The highest BCUT2D eigenvalue weighted by Gasteiger charge is 2.54. The Hall–Kier alpha value is -1.30. The van der Waals surface area contributed by atoms with E-state index in [0.29, 0.717) is 6.42 Å². The molecule has 0 unspecified atom stereocenters. The summed E-state index contributed by atoms with van der Waals surface area (Å²) in [5.41, 5.74) is -4.44. The fraction of sp³-hybridized carbons (Fsp3) is 0.949. The van der Waals surface area contributed by atoms with Crippen LogP contribution in [0.2, 0.25) is 0 Å². The van der Waals surface area contributed by atoms with Crippen LogP contribution >= 0.6 is 0 Å². The summed E-state index contributed by atoms with van der Waals surface area (Å²) in [6, 6.07) is -0.317. The van der Waals surface area contributed by atoms with Gasteiger partial charge >= 0.3 is 5.97 Å². The molecule has 0 saturated carbocycles. The van der Waals surface area contributed by atoms with Crippen molar-refractivity contribution < 1.29 is 66.9 Å². The average Bonchev–Trinajstić information content (AvgIpc) is 3.11. The smallest absolute Gasteiger partial charge is 0.311 e. The topological polar surface area (TPSA) is 172 Å². The van der Waals surface area contributed by atoms with Gasteiger partial charge in [0.15, 0.2) is 12.6 Å². The Balaban J connectivity index is 2.27. The summed E-state index contributed by atoms with van der Waals surface area (Å²) in [7, 11) is 3.65. The lowest BCUT2D eigenvalue weighted by molar-refractivity contribution is -0.319. The van der Waals surface area contributed by atoms with Crippen molar-refractivity contribution in [2.45, 2.75) is 179 Å². The Bertz CT molecular complexity index is 1310. The van der Waals surface area contributed by atoms with Crippen LogP contribution < -0.4 is 0 Å². The molecular weight excluding hydrogens is 690 g/mol. The van der Waals surface area contributed by atoms with Crippen molar-refractivity contribution >= 4 is 11.8 Å². The van der Waals surface area contributed by atoms with Crippen molar-refractivity contribution in [2.24, 2.45) is 23.7 Å². The molecule has 0 amide bonds. The number of aliphatic hydroxyl groups is 3. The number of cyclic esters (lactones) is 1. The second-order valence-electron chi connectivity index (χ2n) is 16.7. The third-order valence-electron chi connectivity index (χ3n) is 12.5.